The second kappa shape index (κ2) is 8.96. The van der Waals surface area contributed by atoms with Crippen molar-refractivity contribution in [2.24, 2.45) is 0 Å². The first kappa shape index (κ1) is 18.7. The predicted molar refractivity (Wildman–Crippen MR) is 93.6 cm³/mol. The molecule has 118 valence electrons. The van der Waals surface area contributed by atoms with E-state index in [9.17, 15) is 4.79 Å². The summed E-state index contributed by atoms with van der Waals surface area (Å²) in [5, 5.41) is 6.68. The Hall–Kier alpha value is -0.330. The van der Waals surface area contributed by atoms with Crippen LogP contribution in [-0.4, -0.2) is 43.5 Å². The Morgan fingerprint density at radius 2 is 2.29 bits per heavy atom. The van der Waals surface area contributed by atoms with Crippen LogP contribution in [0.5, 0.6) is 0 Å². The Morgan fingerprint density at radius 3 is 2.95 bits per heavy atom. The number of piperidine rings is 1. The summed E-state index contributed by atoms with van der Waals surface area (Å²) >= 11 is 9.44. The predicted octanol–water partition coefficient (Wildman–Crippen LogP) is 3.15. The van der Waals surface area contributed by atoms with Crippen molar-refractivity contribution in [3.8, 4) is 0 Å². The second-order valence-electron chi connectivity index (χ2n) is 5.04. The minimum atomic E-state index is -0.0222. The van der Waals surface area contributed by atoms with Crippen LogP contribution in [0, 0.1) is 0 Å². The molecule has 2 rings (SSSR count). The molecule has 2 N–H and O–H groups in total. The number of carbonyl (C=O) groups is 1. The topological polar surface area (TPSA) is 44.4 Å². The molecular formula is C14H20BrCl2N3O. The summed E-state index contributed by atoms with van der Waals surface area (Å²) in [6, 6.07) is 5.92. The monoisotopic (exact) mass is 395 g/mol. The lowest BCUT2D eigenvalue weighted by atomic mass is 10.1. The molecule has 4 nitrogen and oxygen atoms in total. The molecule has 1 aliphatic rings. The van der Waals surface area contributed by atoms with E-state index in [0.717, 1.165) is 24.0 Å². The van der Waals surface area contributed by atoms with Gasteiger partial charge in [0.25, 0.3) is 0 Å². The molecule has 0 bridgehead atoms. The molecule has 1 fully saturated rings. The number of likely N-dealkylation sites (N-methyl/N-ethyl adjacent to an activating group) is 1. The Balaban J connectivity index is 0.00000220. The van der Waals surface area contributed by atoms with Crippen LogP contribution in [0.4, 0.5) is 5.69 Å². The van der Waals surface area contributed by atoms with Gasteiger partial charge >= 0.3 is 0 Å². The van der Waals surface area contributed by atoms with E-state index >= 15 is 0 Å². The lowest BCUT2D eigenvalue weighted by molar-refractivity contribution is -0.117. The number of likely N-dealkylation sites (tertiary alicyclic amines) is 1. The molecule has 0 radical (unpaired) electrons. The van der Waals surface area contributed by atoms with Gasteiger partial charge in [0.2, 0.25) is 5.91 Å². The van der Waals surface area contributed by atoms with E-state index in [1.165, 1.54) is 6.42 Å². The molecule has 1 aliphatic heterocycles. The first-order valence-corrected chi connectivity index (χ1v) is 7.90. The number of amides is 1. The lowest BCUT2D eigenvalue weighted by Gasteiger charge is -2.31. The highest BCUT2D eigenvalue weighted by molar-refractivity contribution is 9.10. The van der Waals surface area contributed by atoms with E-state index in [4.69, 9.17) is 11.6 Å². The van der Waals surface area contributed by atoms with Gasteiger partial charge in [0.15, 0.2) is 0 Å². The summed E-state index contributed by atoms with van der Waals surface area (Å²) < 4.78 is 0.897. The molecular weight excluding hydrogens is 377 g/mol. The van der Waals surface area contributed by atoms with Crippen LogP contribution in [0.25, 0.3) is 0 Å². The summed E-state index contributed by atoms with van der Waals surface area (Å²) in [4.78, 5) is 14.2. The molecule has 1 unspecified atom stereocenters. The zero-order chi connectivity index (χ0) is 14.5. The maximum absolute atomic E-state index is 12.1. The summed E-state index contributed by atoms with van der Waals surface area (Å²) in [6.07, 6.45) is 2.30. The van der Waals surface area contributed by atoms with Crippen LogP contribution < -0.4 is 10.6 Å². The van der Waals surface area contributed by atoms with E-state index < -0.39 is 0 Å². The van der Waals surface area contributed by atoms with Gasteiger partial charge in [0.1, 0.15) is 0 Å². The largest absolute Gasteiger partial charge is 0.324 e. The number of halogens is 3. The minimum absolute atomic E-state index is 0. The smallest absolute Gasteiger partial charge is 0.238 e. The fourth-order valence-electron chi connectivity index (χ4n) is 2.42. The van der Waals surface area contributed by atoms with Crippen LogP contribution >= 0.6 is 39.9 Å². The number of nitrogens with one attached hydrogen (secondary N) is 2. The van der Waals surface area contributed by atoms with Crippen LogP contribution in [0.15, 0.2) is 22.7 Å². The SMILES string of the molecule is CNC1CCCN(CC(=O)Nc2ccc(Br)cc2Cl)C1.Cl. The molecule has 1 atom stereocenters. The second-order valence-corrected chi connectivity index (χ2v) is 6.36. The Morgan fingerprint density at radius 1 is 1.52 bits per heavy atom. The number of anilines is 1. The van der Waals surface area contributed by atoms with Crippen molar-refractivity contribution in [2.75, 3.05) is 32.0 Å². The van der Waals surface area contributed by atoms with Crippen molar-refractivity contribution >= 4 is 51.5 Å². The maximum atomic E-state index is 12.1. The van der Waals surface area contributed by atoms with Crippen molar-refractivity contribution in [2.45, 2.75) is 18.9 Å². The van der Waals surface area contributed by atoms with Gasteiger partial charge in [-0.25, -0.2) is 0 Å². The number of nitrogens with zero attached hydrogens (tertiary/aromatic N) is 1. The standard InChI is InChI=1S/C14H19BrClN3O.ClH/c1-17-11-3-2-6-19(8-11)9-14(20)18-13-5-4-10(15)7-12(13)16;/h4-5,7,11,17H,2-3,6,8-9H2,1H3,(H,18,20);1H. The van der Waals surface area contributed by atoms with E-state index in [1.54, 1.807) is 12.1 Å². The average molecular weight is 397 g/mol. The third-order valence-corrected chi connectivity index (χ3v) is 4.29. The van der Waals surface area contributed by atoms with Crippen LogP contribution in [0.1, 0.15) is 12.8 Å². The van der Waals surface area contributed by atoms with Gasteiger partial charge in [-0.15, -0.1) is 12.4 Å². The molecule has 0 aromatic heterocycles. The highest BCUT2D eigenvalue weighted by Gasteiger charge is 2.20. The van der Waals surface area contributed by atoms with Gasteiger partial charge in [0, 0.05) is 17.1 Å². The molecule has 1 amide bonds. The van der Waals surface area contributed by atoms with Crippen LogP contribution in [0.3, 0.4) is 0 Å². The third kappa shape index (κ3) is 5.75. The lowest BCUT2D eigenvalue weighted by Crippen LogP contribution is -2.46. The fraction of sp³-hybridized carbons (Fsp3) is 0.500. The Kier molecular flexibility index (Phi) is 7.98. The number of hydrogen-bond acceptors (Lipinski definition) is 3. The molecule has 0 saturated carbocycles. The van der Waals surface area contributed by atoms with Gasteiger partial charge in [0.05, 0.1) is 17.3 Å². The summed E-state index contributed by atoms with van der Waals surface area (Å²) in [6.45, 7) is 2.29. The molecule has 7 heteroatoms. The highest BCUT2D eigenvalue weighted by Crippen LogP contribution is 2.25. The molecule has 0 aliphatic carbocycles. The summed E-state index contributed by atoms with van der Waals surface area (Å²) in [5.74, 6) is -0.0222. The van der Waals surface area contributed by atoms with E-state index in [1.807, 2.05) is 13.1 Å². The zero-order valence-electron chi connectivity index (χ0n) is 11.9. The fourth-order valence-corrected chi connectivity index (χ4v) is 3.14. The first-order valence-electron chi connectivity index (χ1n) is 6.73. The summed E-state index contributed by atoms with van der Waals surface area (Å²) in [7, 11) is 1.97. The van der Waals surface area contributed by atoms with E-state index in [-0.39, 0.29) is 18.3 Å². The zero-order valence-corrected chi connectivity index (χ0v) is 15.0. The number of hydrogen-bond donors (Lipinski definition) is 2. The maximum Gasteiger partial charge on any atom is 0.238 e. The number of carbonyl (C=O) groups excluding carboxylic acids is 1. The molecule has 1 heterocycles. The van der Waals surface area contributed by atoms with Crippen LogP contribution in [-0.2, 0) is 4.79 Å². The van der Waals surface area contributed by atoms with Crippen molar-refractivity contribution in [3.05, 3.63) is 27.7 Å². The molecule has 1 saturated heterocycles. The van der Waals surface area contributed by atoms with Gasteiger partial charge in [-0.3, -0.25) is 9.69 Å². The summed E-state index contributed by atoms with van der Waals surface area (Å²) in [5.41, 5.74) is 0.655. The van der Waals surface area contributed by atoms with Crippen molar-refractivity contribution < 1.29 is 4.79 Å². The van der Waals surface area contributed by atoms with Gasteiger partial charge in [-0.05, 0) is 44.6 Å². The van der Waals surface area contributed by atoms with Crippen LogP contribution in [0.2, 0.25) is 5.02 Å². The molecule has 1 aromatic carbocycles. The van der Waals surface area contributed by atoms with Gasteiger partial charge in [-0.2, -0.15) is 0 Å². The number of benzene rings is 1. The number of rotatable bonds is 4. The van der Waals surface area contributed by atoms with E-state index in [0.29, 0.717) is 23.3 Å². The Labute approximate surface area is 145 Å². The van der Waals surface area contributed by atoms with Gasteiger partial charge < -0.3 is 10.6 Å². The normalized spacial score (nSPS) is 18.9. The molecule has 0 spiro atoms. The third-order valence-electron chi connectivity index (χ3n) is 3.49. The average Bonchev–Trinajstić information content (AvgIpc) is 2.42. The van der Waals surface area contributed by atoms with Gasteiger partial charge in [-0.1, -0.05) is 27.5 Å². The Bertz CT molecular complexity index is 487. The molecule has 21 heavy (non-hydrogen) atoms. The first-order chi connectivity index (χ1) is 9.58. The van der Waals surface area contributed by atoms with Crippen molar-refractivity contribution in [3.63, 3.8) is 0 Å². The van der Waals surface area contributed by atoms with E-state index in [2.05, 4.69) is 31.5 Å². The quantitative estimate of drug-likeness (QED) is 0.821. The minimum Gasteiger partial charge on any atom is -0.324 e. The van der Waals surface area contributed by atoms with Crippen molar-refractivity contribution in [1.29, 1.82) is 0 Å². The van der Waals surface area contributed by atoms with Crippen molar-refractivity contribution in [1.82, 2.24) is 10.2 Å². The highest BCUT2D eigenvalue weighted by atomic mass is 79.9. The molecule has 1 aromatic rings.